The number of nitrogens with zero attached hydrogens (tertiary/aromatic N) is 3. The van der Waals surface area contributed by atoms with E-state index in [9.17, 15) is 9.59 Å². The number of carbonyl (C=O) groups excluding carboxylic acids is 2. The Balaban J connectivity index is 1.71. The minimum atomic E-state index is -0.716. The summed E-state index contributed by atoms with van der Waals surface area (Å²) in [6.07, 6.45) is 2.74. The second-order valence-corrected chi connectivity index (χ2v) is 4.53. The van der Waals surface area contributed by atoms with E-state index in [1.54, 1.807) is 12.3 Å². The van der Waals surface area contributed by atoms with Gasteiger partial charge in [0.15, 0.2) is 5.58 Å². The van der Waals surface area contributed by atoms with Crippen molar-refractivity contribution in [1.82, 2.24) is 20.4 Å². The molecule has 0 saturated carbocycles. The first kappa shape index (κ1) is 13.7. The molecule has 3 N–H and O–H groups in total. The smallest absolute Gasteiger partial charge is 0.270 e. The average molecular weight is 297 g/mol. The Morgan fingerprint density at radius 3 is 2.82 bits per heavy atom. The Hall–Kier alpha value is -3.29. The minimum absolute atomic E-state index is 0.0109. The standard InChI is InChI=1S/C14H11N5O3/c15-13(20)10-4-11(18-7-17-10)14(21)16-5-8-1-2-9-6-19-22-12(9)3-8/h1-4,6-7H,5H2,(H2,15,20)(H,16,21). The molecule has 2 amide bonds. The van der Waals surface area contributed by atoms with Crippen LogP contribution in [0.15, 0.2) is 41.3 Å². The highest BCUT2D eigenvalue weighted by atomic mass is 16.5. The van der Waals surface area contributed by atoms with Crippen LogP contribution in [0.1, 0.15) is 26.5 Å². The van der Waals surface area contributed by atoms with E-state index in [1.165, 1.54) is 6.07 Å². The van der Waals surface area contributed by atoms with Crippen LogP contribution in [0.2, 0.25) is 0 Å². The summed E-state index contributed by atoms with van der Waals surface area (Å²) in [5.74, 6) is -1.14. The van der Waals surface area contributed by atoms with Gasteiger partial charge < -0.3 is 15.6 Å². The van der Waals surface area contributed by atoms with Crippen LogP contribution in [0.5, 0.6) is 0 Å². The monoisotopic (exact) mass is 297 g/mol. The van der Waals surface area contributed by atoms with Crippen molar-refractivity contribution in [2.24, 2.45) is 5.73 Å². The van der Waals surface area contributed by atoms with Crippen molar-refractivity contribution in [3.05, 3.63) is 53.7 Å². The highest BCUT2D eigenvalue weighted by molar-refractivity contribution is 5.96. The number of hydrogen-bond donors (Lipinski definition) is 2. The summed E-state index contributed by atoms with van der Waals surface area (Å²) in [6.45, 7) is 0.283. The van der Waals surface area contributed by atoms with Crippen molar-refractivity contribution < 1.29 is 14.1 Å². The number of aromatic nitrogens is 3. The van der Waals surface area contributed by atoms with Crippen LogP contribution >= 0.6 is 0 Å². The molecule has 8 heteroatoms. The lowest BCUT2D eigenvalue weighted by atomic mass is 10.2. The van der Waals surface area contributed by atoms with Gasteiger partial charge in [0.25, 0.3) is 11.8 Å². The van der Waals surface area contributed by atoms with Crippen molar-refractivity contribution in [2.45, 2.75) is 6.54 Å². The number of nitrogens with two attached hydrogens (primary N) is 1. The molecule has 0 aliphatic rings. The molecule has 0 saturated heterocycles. The first-order chi connectivity index (χ1) is 10.6. The maximum atomic E-state index is 12.0. The van der Waals surface area contributed by atoms with Crippen LogP contribution in [0.3, 0.4) is 0 Å². The van der Waals surface area contributed by atoms with Gasteiger partial charge in [-0.15, -0.1) is 0 Å². The molecule has 2 aromatic heterocycles. The molecule has 2 heterocycles. The van der Waals surface area contributed by atoms with Gasteiger partial charge >= 0.3 is 0 Å². The molecule has 0 unspecified atom stereocenters. The largest absolute Gasteiger partial charge is 0.364 e. The number of rotatable bonds is 4. The summed E-state index contributed by atoms with van der Waals surface area (Å²) in [6, 6.07) is 6.74. The Kier molecular flexibility index (Phi) is 3.48. The quantitative estimate of drug-likeness (QED) is 0.728. The summed E-state index contributed by atoms with van der Waals surface area (Å²) in [5.41, 5.74) is 6.67. The average Bonchev–Trinajstić information content (AvgIpc) is 3.00. The molecule has 0 radical (unpaired) electrons. The zero-order valence-corrected chi connectivity index (χ0v) is 11.3. The minimum Gasteiger partial charge on any atom is -0.364 e. The van der Waals surface area contributed by atoms with Crippen LogP contribution in [0.25, 0.3) is 11.0 Å². The van der Waals surface area contributed by atoms with Gasteiger partial charge in [0.1, 0.15) is 17.7 Å². The molecular weight excluding hydrogens is 286 g/mol. The fourth-order valence-corrected chi connectivity index (χ4v) is 1.90. The van der Waals surface area contributed by atoms with E-state index in [1.807, 2.05) is 12.1 Å². The molecule has 3 rings (SSSR count). The number of primary amides is 1. The van der Waals surface area contributed by atoms with Crippen molar-refractivity contribution in [3.63, 3.8) is 0 Å². The third kappa shape index (κ3) is 2.75. The van der Waals surface area contributed by atoms with E-state index in [2.05, 4.69) is 20.4 Å². The van der Waals surface area contributed by atoms with Crippen LogP contribution in [-0.4, -0.2) is 26.9 Å². The molecular formula is C14H11N5O3. The van der Waals surface area contributed by atoms with Crippen molar-refractivity contribution in [2.75, 3.05) is 0 Å². The van der Waals surface area contributed by atoms with Crippen molar-refractivity contribution >= 4 is 22.8 Å². The van der Waals surface area contributed by atoms with Gasteiger partial charge in [0, 0.05) is 18.0 Å². The summed E-state index contributed by atoms with van der Waals surface area (Å²) < 4.78 is 5.06. The number of fused-ring (bicyclic) bond motifs is 1. The maximum absolute atomic E-state index is 12.0. The summed E-state index contributed by atoms with van der Waals surface area (Å²) in [4.78, 5) is 30.6. The zero-order chi connectivity index (χ0) is 15.5. The Labute approximate surface area is 124 Å². The second kappa shape index (κ2) is 5.60. The van der Waals surface area contributed by atoms with Crippen LogP contribution < -0.4 is 11.1 Å². The fraction of sp³-hybridized carbons (Fsp3) is 0.0714. The van der Waals surface area contributed by atoms with Gasteiger partial charge in [0.2, 0.25) is 0 Å². The molecule has 110 valence electrons. The van der Waals surface area contributed by atoms with E-state index in [0.717, 1.165) is 17.3 Å². The highest BCUT2D eigenvalue weighted by Crippen LogP contribution is 2.15. The van der Waals surface area contributed by atoms with Crippen molar-refractivity contribution in [3.8, 4) is 0 Å². The summed E-state index contributed by atoms with van der Waals surface area (Å²) >= 11 is 0. The lowest BCUT2D eigenvalue weighted by Crippen LogP contribution is -2.25. The lowest BCUT2D eigenvalue weighted by molar-refractivity contribution is 0.0945. The number of hydrogen-bond acceptors (Lipinski definition) is 6. The van der Waals surface area contributed by atoms with E-state index in [0.29, 0.717) is 5.58 Å². The second-order valence-electron chi connectivity index (χ2n) is 4.53. The Bertz CT molecular complexity index is 858. The molecule has 0 fully saturated rings. The third-order valence-electron chi connectivity index (χ3n) is 3.03. The molecule has 0 bridgehead atoms. The van der Waals surface area contributed by atoms with Gasteiger partial charge in [-0.25, -0.2) is 9.97 Å². The number of nitrogens with one attached hydrogen (secondary N) is 1. The van der Waals surface area contributed by atoms with Crippen LogP contribution in [0, 0.1) is 0 Å². The van der Waals surface area contributed by atoms with E-state index in [4.69, 9.17) is 10.3 Å². The molecule has 0 spiro atoms. The van der Waals surface area contributed by atoms with Gasteiger partial charge in [0.05, 0.1) is 6.20 Å². The molecule has 0 atom stereocenters. The molecule has 3 aromatic rings. The van der Waals surface area contributed by atoms with Gasteiger partial charge in [-0.3, -0.25) is 9.59 Å². The molecule has 1 aromatic carbocycles. The Morgan fingerprint density at radius 2 is 2.00 bits per heavy atom. The van der Waals surface area contributed by atoms with E-state index < -0.39 is 11.8 Å². The summed E-state index contributed by atoms with van der Waals surface area (Å²) in [5, 5.41) is 7.27. The Morgan fingerprint density at radius 1 is 1.18 bits per heavy atom. The van der Waals surface area contributed by atoms with Crippen LogP contribution in [0.4, 0.5) is 0 Å². The first-order valence-corrected chi connectivity index (χ1v) is 6.37. The SMILES string of the molecule is NC(=O)c1cc(C(=O)NCc2ccc3cnoc3c2)ncn1. The lowest BCUT2D eigenvalue weighted by Gasteiger charge is -2.05. The number of benzene rings is 1. The van der Waals surface area contributed by atoms with E-state index >= 15 is 0 Å². The zero-order valence-electron chi connectivity index (χ0n) is 11.3. The topological polar surface area (TPSA) is 124 Å². The number of amides is 2. The normalized spacial score (nSPS) is 10.5. The number of carbonyl (C=O) groups is 2. The highest BCUT2D eigenvalue weighted by Gasteiger charge is 2.11. The van der Waals surface area contributed by atoms with Gasteiger partial charge in [-0.2, -0.15) is 0 Å². The molecule has 0 aliphatic carbocycles. The van der Waals surface area contributed by atoms with Gasteiger partial charge in [-0.1, -0.05) is 11.2 Å². The molecule has 22 heavy (non-hydrogen) atoms. The van der Waals surface area contributed by atoms with Crippen LogP contribution in [-0.2, 0) is 6.54 Å². The fourth-order valence-electron chi connectivity index (χ4n) is 1.90. The third-order valence-corrected chi connectivity index (χ3v) is 3.03. The molecule has 0 aliphatic heterocycles. The van der Waals surface area contributed by atoms with E-state index in [-0.39, 0.29) is 17.9 Å². The predicted octanol–water partition coefficient (Wildman–Crippen LogP) is 0.647. The van der Waals surface area contributed by atoms with Crippen molar-refractivity contribution in [1.29, 1.82) is 0 Å². The predicted molar refractivity (Wildman–Crippen MR) is 75.7 cm³/mol. The maximum Gasteiger partial charge on any atom is 0.270 e. The van der Waals surface area contributed by atoms with Gasteiger partial charge in [-0.05, 0) is 17.7 Å². The molecule has 8 nitrogen and oxygen atoms in total. The first-order valence-electron chi connectivity index (χ1n) is 6.37. The summed E-state index contributed by atoms with van der Waals surface area (Å²) in [7, 11) is 0.